The molecule has 0 aliphatic carbocycles. The van der Waals surface area contributed by atoms with E-state index in [9.17, 15) is 18.0 Å². The van der Waals surface area contributed by atoms with Crippen LogP contribution in [0.2, 0.25) is 10.3 Å². The minimum atomic E-state index is -4.48. The average Bonchev–Trinajstić information content (AvgIpc) is 2.44. The Labute approximate surface area is 140 Å². The second-order valence-electron chi connectivity index (χ2n) is 4.82. The number of aromatic nitrogens is 1. The van der Waals surface area contributed by atoms with Gasteiger partial charge in [-0.15, -0.1) is 0 Å². The zero-order valence-electron chi connectivity index (χ0n) is 11.9. The molecule has 0 saturated carbocycles. The number of nitrogens with zero attached hydrogens (tertiary/aromatic N) is 2. The quantitative estimate of drug-likeness (QED) is 0.742. The van der Waals surface area contributed by atoms with Crippen LogP contribution in [0.4, 0.5) is 13.2 Å². The summed E-state index contributed by atoms with van der Waals surface area (Å²) >= 11 is 11.5. The lowest BCUT2D eigenvalue weighted by Gasteiger charge is -2.20. The molecular weight excluding hydrogens is 352 g/mol. The molecule has 0 unspecified atom stereocenters. The number of carbonyl (C=O) groups excluding carboxylic acids is 1. The number of amides is 1. The first kappa shape index (κ1) is 17.6. The van der Waals surface area contributed by atoms with Crippen molar-refractivity contribution in [2.45, 2.75) is 12.7 Å². The summed E-state index contributed by atoms with van der Waals surface area (Å²) in [7, 11) is 1.40. The van der Waals surface area contributed by atoms with Crippen LogP contribution in [0.15, 0.2) is 36.4 Å². The maximum Gasteiger partial charge on any atom is 0.416 e. The Bertz CT molecular complexity index is 715. The maximum atomic E-state index is 13.0. The van der Waals surface area contributed by atoms with Crippen LogP contribution < -0.4 is 0 Å². The number of pyridine rings is 1. The zero-order chi connectivity index (χ0) is 17.2. The Balaban J connectivity index is 2.26. The van der Waals surface area contributed by atoms with E-state index in [-0.39, 0.29) is 28.0 Å². The topological polar surface area (TPSA) is 33.2 Å². The van der Waals surface area contributed by atoms with Gasteiger partial charge in [0.2, 0.25) is 0 Å². The molecule has 0 fully saturated rings. The lowest BCUT2D eigenvalue weighted by Crippen LogP contribution is -2.27. The number of benzene rings is 1. The third kappa shape index (κ3) is 4.36. The van der Waals surface area contributed by atoms with E-state index in [0.29, 0.717) is 0 Å². The molecule has 2 aromatic rings. The van der Waals surface area contributed by atoms with Gasteiger partial charge in [0, 0.05) is 19.2 Å². The summed E-state index contributed by atoms with van der Waals surface area (Å²) in [6.45, 7) is -0.202. The zero-order valence-corrected chi connectivity index (χ0v) is 13.4. The summed E-state index contributed by atoms with van der Waals surface area (Å²) in [6.07, 6.45) is -4.48. The Morgan fingerprint density at radius 2 is 1.74 bits per heavy atom. The van der Waals surface area contributed by atoms with Crippen molar-refractivity contribution in [2.24, 2.45) is 0 Å². The van der Waals surface area contributed by atoms with E-state index >= 15 is 0 Å². The Morgan fingerprint density at radius 3 is 2.30 bits per heavy atom. The van der Waals surface area contributed by atoms with Crippen molar-refractivity contribution in [1.82, 2.24) is 9.88 Å². The predicted octanol–water partition coefficient (Wildman–Crippen LogP) is 4.68. The fourth-order valence-corrected chi connectivity index (χ4v) is 2.53. The number of alkyl halides is 3. The Kier molecular flexibility index (Phi) is 5.16. The standard InChI is InChI=1S/C15H11Cl2F3N2O/c1-22(14(23)10-6-12(16)21-13(17)7-10)8-9-4-2-3-5-11(9)15(18,19)20/h2-7H,8H2,1H3. The van der Waals surface area contributed by atoms with E-state index in [0.717, 1.165) is 11.0 Å². The van der Waals surface area contributed by atoms with E-state index in [4.69, 9.17) is 23.2 Å². The molecule has 8 heteroatoms. The van der Waals surface area contributed by atoms with Gasteiger partial charge in [0.1, 0.15) is 10.3 Å². The molecule has 3 nitrogen and oxygen atoms in total. The summed E-state index contributed by atoms with van der Waals surface area (Å²) in [5.41, 5.74) is -0.616. The van der Waals surface area contributed by atoms with Gasteiger partial charge < -0.3 is 4.90 Å². The van der Waals surface area contributed by atoms with Crippen LogP contribution in [0.25, 0.3) is 0 Å². The third-order valence-corrected chi connectivity index (χ3v) is 3.47. The molecule has 1 amide bonds. The molecule has 0 atom stereocenters. The molecule has 0 aliphatic heterocycles. The second kappa shape index (κ2) is 6.76. The van der Waals surface area contributed by atoms with Crippen molar-refractivity contribution in [2.75, 3.05) is 7.05 Å². The molecule has 122 valence electrons. The minimum absolute atomic E-state index is 0.00194. The van der Waals surface area contributed by atoms with Gasteiger partial charge in [0.25, 0.3) is 5.91 Å². The van der Waals surface area contributed by atoms with Crippen molar-refractivity contribution in [3.63, 3.8) is 0 Å². The molecule has 0 aliphatic rings. The van der Waals surface area contributed by atoms with Gasteiger partial charge in [-0.2, -0.15) is 13.2 Å². The van der Waals surface area contributed by atoms with Crippen LogP contribution in [-0.4, -0.2) is 22.8 Å². The van der Waals surface area contributed by atoms with E-state index < -0.39 is 17.6 Å². The summed E-state index contributed by atoms with van der Waals surface area (Å²) in [4.78, 5) is 17.2. The highest BCUT2D eigenvalue weighted by molar-refractivity contribution is 6.33. The highest BCUT2D eigenvalue weighted by atomic mass is 35.5. The minimum Gasteiger partial charge on any atom is -0.337 e. The molecule has 1 aromatic carbocycles. The van der Waals surface area contributed by atoms with Crippen LogP contribution in [0, 0.1) is 0 Å². The highest BCUT2D eigenvalue weighted by Crippen LogP contribution is 2.32. The van der Waals surface area contributed by atoms with E-state index in [1.165, 1.54) is 37.4 Å². The molecule has 0 bridgehead atoms. The third-order valence-electron chi connectivity index (χ3n) is 3.09. The molecule has 0 radical (unpaired) electrons. The van der Waals surface area contributed by atoms with Crippen LogP contribution in [-0.2, 0) is 12.7 Å². The number of hydrogen-bond acceptors (Lipinski definition) is 2. The maximum absolute atomic E-state index is 13.0. The normalized spacial score (nSPS) is 11.4. The highest BCUT2D eigenvalue weighted by Gasteiger charge is 2.33. The fraction of sp³-hybridized carbons (Fsp3) is 0.200. The van der Waals surface area contributed by atoms with Gasteiger partial charge in [-0.1, -0.05) is 41.4 Å². The van der Waals surface area contributed by atoms with Gasteiger partial charge in [-0.05, 0) is 23.8 Å². The number of hydrogen-bond donors (Lipinski definition) is 0. The monoisotopic (exact) mass is 362 g/mol. The lowest BCUT2D eigenvalue weighted by molar-refractivity contribution is -0.138. The van der Waals surface area contributed by atoms with Gasteiger partial charge in [0.15, 0.2) is 0 Å². The number of carbonyl (C=O) groups is 1. The molecule has 2 rings (SSSR count). The Morgan fingerprint density at radius 1 is 1.17 bits per heavy atom. The first-order chi connectivity index (χ1) is 10.7. The summed E-state index contributed by atoms with van der Waals surface area (Å²) < 4.78 is 38.9. The van der Waals surface area contributed by atoms with Crippen molar-refractivity contribution >= 4 is 29.1 Å². The number of halogens is 5. The van der Waals surface area contributed by atoms with Crippen molar-refractivity contribution < 1.29 is 18.0 Å². The lowest BCUT2D eigenvalue weighted by atomic mass is 10.1. The Hall–Kier alpha value is -1.79. The van der Waals surface area contributed by atoms with Crippen molar-refractivity contribution in [1.29, 1.82) is 0 Å². The molecule has 0 spiro atoms. The van der Waals surface area contributed by atoms with E-state index in [2.05, 4.69) is 4.98 Å². The SMILES string of the molecule is CN(Cc1ccccc1C(F)(F)F)C(=O)c1cc(Cl)nc(Cl)c1. The van der Waals surface area contributed by atoms with Crippen LogP contribution in [0.1, 0.15) is 21.5 Å². The molecule has 23 heavy (non-hydrogen) atoms. The molecular formula is C15H11Cl2F3N2O. The smallest absolute Gasteiger partial charge is 0.337 e. The van der Waals surface area contributed by atoms with Crippen LogP contribution in [0.5, 0.6) is 0 Å². The predicted molar refractivity (Wildman–Crippen MR) is 81.5 cm³/mol. The fourth-order valence-electron chi connectivity index (χ4n) is 2.07. The molecule has 1 aromatic heterocycles. The second-order valence-corrected chi connectivity index (χ2v) is 5.59. The van der Waals surface area contributed by atoms with Crippen LogP contribution >= 0.6 is 23.2 Å². The summed E-state index contributed by atoms with van der Waals surface area (Å²) in [5.74, 6) is -0.506. The number of rotatable bonds is 3. The van der Waals surface area contributed by atoms with Crippen molar-refractivity contribution in [3.8, 4) is 0 Å². The van der Waals surface area contributed by atoms with Gasteiger partial charge in [-0.25, -0.2) is 4.98 Å². The average molecular weight is 363 g/mol. The molecule has 0 saturated heterocycles. The molecule has 0 N–H and O–H groups in total. The van der Waals surface area contributed by atoms with E-state index in [1.807, 2.05) is 0 Å². The van der Waals surface area contributed by atoms with Crippen LogP contribution in [0.3, 0.4) is 0 Å². The summed E-state index contributed by atoms with van der Waals surface area (Å²) in [5, 5.41) is 0.0647. The van der Waals surface area contributed by atoms with Crippen molar-refractivity contribution in [3.05, 3.63) is 63.4 Å². The first-order valence-electron chi connectivity index (χ1n) is 6.42. The van der Waals surface area contributed by atoms with E-state index in [1.54, 1.807) is 0 Å². The van der Waals surface area contributed by atoms with Gasteiger partial charge in [-0.3, -0.25) is 4.79 Å². The first-order valence-corrected chi connectivity index (χ1v) is 7.17. The molecule has 1 heterocycles. The largest absolute Gasteiger partial charge is 0.416 e. The van der Waals surface area contributed by atoms with Gasteiger partial charge in [0.05, 0.1) is 5.56 Å². The van der Waals surface area contributed by atoms with Gasteiger partial charge >= 0.3 is 6.18 Å². The summed E-state index contributed by atoms with van der Waals surface area (Å²) in [6, 6.07) is 7.72.